The lowest BCUT2D eigenvalue weighted by Crippen LogP contribution is -2.74. The van der Waals surface area contributed by atoms with Gasteiger partial charge in [0, 0.05) is 24.5 Å². The Hall–Kier alpha value is -1.21. The Morgan fingerprint density at radius 2 is 1.97 bits per heavy atom. The molecule has 2 N–H and O–H groups in total. The molecule has 5 rings (SSSR count). The van der Waals surface area contributed by atoms with Crippen molar-refractivity contribution >= 4 is 7.82 Å². The molecule has 1 saturated carbocycles. The van der Waals surface area contributed by atoms with E-state index in [1.807, 2.05) is 6.07 Å². The molecule has 1 aliphatic heterocycles. The zero-order valence-corrected chi connectivity index (χ0v) is 17.4. The average Bonchev–Trinajstić information content (AvgIpc) is 2.66. The zero-order chi connectivity index (χ0) is 20.3. The lowest BCUT2D eigenvalue weighted by molar-refractivity contribution is -0.639. The molecule has 1 aromatic rings. The van der Waals surface area contributed by atoms with Gasteiger partial charge in [0.1, 0.15) is 5.75 Å². The summed E-state index contributed by atoms with van der Waals surface area (Å²) in [5, 5.41) is 0. The van der Waals surface area contributed by atoms with E-state index in [0.29, 0.717) is 5.56 Å². The molecule has 7 nitrogen and oxygen atoms in total. The molecule has 3 aliphatic carbocycles. The van der Waals surface area contributed by atoms with E-state index in [1.165, 1.54) is 37.3 Å². The summed E-state index contributed by atoms with van der Waals surface area (Å²) in [6.07, 6.45) is 9.05. The lowest BCUT2D eigenvalue weighted by Gasteiger charge is -2.65. The summed E-state index contributed by atoms with van der Waals surface area (Å²) in [7, 11) is -3.05. The number of fused-ring (bicyclic) bond motifs is 1. The smallest absolute Gasteiger partial charge is 0.404 e. The molecule has 4 aliphatic rings. The minimum Gasteiger partial charge on any atom is -0.404 e. The molecule has 0 amide bonds. The Morgan fingerprint density at radius 3 is 2.69 bits per heavy atom. The van der Waals surface area contributed by atoms with Crippen molar-refractivity contribution in [2.75, 3.05) is 7.11 Å². The van der Waals surface area contributed by atoms with Crippen molar-refractivity contribution in [3.8, 4) is 5.75 Å². The monoisotopic (exact) mass is 422 g/mol. The molecule has 2 bridgehead atoms. The molecule has 0 radical (unpaired) electrons. The maximum atomic E-state index is 11.3. The molecule has 4 unspecified atom stereocenters. The molecule has 1 spiro atoms. The largest absolute Gasteiger partial charge is 0.524 e. The maximum Gasteiger partial charge on any atom is 0.524 e. The minimum atomic E-state index is -4.66. The van der Waals surface area contributed by atoms with Crippen LogP contribution in [0.4, 0.5) is 0 Å². The molecule has 1 aromatic carbocycles. The van der Waals surface area contributed by atoms with Crippen molar-refractivity contribution in [1.29, 1.82) is 0 Å². The number of phosphoric ester groups is 1. The van der Waals surface area contributed by atoms with Gasteiger partial charge in [0.05, 0.1) is 0 Å². The van der Waals surface area contributed by atoms with Crippen LogP contribution in [0.5, 0.6) is 5.75 Å². The highest BCUT2D eigenvalue weighted by atomic mass is 31.2. The third-order valence-electron chi connectivity index (χ3n) is 7.25. The first kappa shape index (κ1) is 19.7. The second-order valence-electron chi connectivity index (χ2n) is 8.61. The Kier molecular flexibility index (Phi) is 4.70. The van der Waals surface area contributed by atoms with Crippen LogP contribution in [0.3, 0.4) is 0 Å². The van der Waals surface area contributed by atoms with Crippen LogP contribution < -0.4 is 4.52 Å². The van der Waals surface area contributed by atoms with Gasteiger partial charge in [0.15, 0.2) is 5.60 Å². The molecular weight excluding hydrogens is 395 g/mol. The molecule has 8 heteroatoms. The first-order chi connectivity index (χ1) is 13.9. The van der Waals surface area contributed by atoms with Crippen LogP contribution >= 0.6 is 7.82 Å². The molecule has 0 aromatic heterocycles. The topological polar surface area (TPSA) is 94.5 Å². The van der Waals surface area contributed by atoms with E-state index in [0.717, 1.165) is 25.7 Å². The van der Waals surface area contributed by atoms with Crippen LogP contribution in [0.1, 0.15) is 56.9 Å². The third kappa shape index (κ3) is 2.87. The fourth-order valence-electron chi connectivity index (χ4n) is 6.23. The van der Waals surface area contributed by atoms with Crippen LogP contribution in [-0.2, 0) is 24.9 Å². The Morgan fingerprint density at radius 1 is 1.14 bits per heavy atom. The molecule has 158 valence electrons. The van der Waals surface area contributed by atoms with E-state index >= 15 is 0 Å². The number of hydrogen-bond donors (Lipinski definition) is 2. The van der Waals surface area contributed by atoms with Crippen LogP contribution in [-0.4, -0.2) is 22.5 Å². The van der Waals surface area contributed by atoms with Gasteiger partial charge in [-0.25, -0.2) is 9.45 Å². The fourth-order valence-corrected chi connectivity index (χ4v) is 6.62. The quantitative estimate of drug-likeness (QED) is 0.423. The highest BCUT2D eigenvalue weighted by Gasteiger charge is 2.75. The number of ether oxygens (including phenoxy) is 1. The van der Waals surface area contributed by atoms with E-state index in [2.05, 4.69) is 0 Å². The predicted octanol–water partition coefficient (Wildman–Crippen LogP) is 4.35. The summed E-state index contributed by atoms with van der Waals surface area (Å²) in [6, 6.07) is 6.65. The second-order valence-corrected chi connectivity index (χ2v) is 9.77. The van der Waals surface area contributed by atoms with Crippen LogP contribution in [0, 0.1) is 11.8 Å². The summed E-state index contributed by atoms with van der Waals surface area (Å²) in [4.78, 5) is 30.2. The fraction of sp³-hybridized carbons (Fsp3) is 0.619. The summed E-state index contributed by atoms with van der Waals surface area (Å²) in [5.74, 6) is -0.507. The van der Waals surface area contributed by atoms with Gasteiger partial charge in [0.2, 0.25) is 0 Å². The summed E-state index contributed by atoms with van der Waals surface area (Å²) >= 11 is 0. The molecule has 1 heterocycles. The highest BCUT2D eigenvalue weighted by Crippen LogP contribution is 2.66. The van der Waals surface area contributed by atoms with Crippen molar-refractivity contribution in [3.05, 3.63) is 41.0 Å². The van der Waals surface area contributed by atoms with Crippen molar-refractivity contribution in [2.24, 2.45) is 11.8 Å². The predicted molar refractivity (Wildman–Crippen MR) is 104 cm³/mol. The van der Waals surface area contributed by atoms with Gasteiger partial charge >= 0.3 is 7.82 Å². The standard InChI is InChI=1S/C21H27O7P/c1-25-21(16-8-4-9-17(13-16)26-29(22,23)24)20(27-28-21)15-7-5-11-19(20)18-10-3-2-6-14(18)12-15/h4,8-9,13,15,19H,2-3,5-7,10-12H2,1H3,(H2,22,23,24). The van der Waals surface area contributed by atoms with Gasteiger partial charge in [0.25, 0.3) is 5.79 Å². The minimum absolute atomic E-state index is 0.0800. The second kappa shape index (κ2) is 6.91. The Balaban J connectivity index is 1.59. The summed E-state index contributed by atoms with van der Waals surface area (Å²) in [6.45, 7) is 0. The number of allylic oxidation sites excluding steroid dienone is 1. The van der Waals surface area contributed by atoms with Gasteiger partial charge < -0.3 is 9.26 Å². The van der Waals surface area contributed by atoms with E-state index in [9.17, 15) is 14.4 Å². The average molecular weight is 422 g/mol. The van der Waals surface area contributed by atoms with E-state index in [1.54, 1.807) is 24.8 Å². The van der Waals surface area contributed by atoms with Gasteiger partial charge in [-0.05, 0) is 57.1 Å². The Labute approximate surface area is 170 Å². The number of hydrogen-bond acceptors (Lipinski definition) is 5. The molecular formula is C21H27O7P. The first-order valence-corrected chi connectivity index (χ1v) is 11.9. The number of phosphoric acid groups is 1. The van der Waals surface area contributed by atoms with Crippen LogP contribution in [0.15, 0.2) is 35.4 Å². The molecule has 2 fully saturated rings. The number of methoxy groups -OCH3 is 1. The van der Waals surface area contributed by atoms with Crippen molar-refractivity contribution in [3.63, 3.8) is 0 Å². The molecule has 4 atom stereocenters. The maximum absolute atomic E-state index is 11.3. The summed E-state index contributed by atoms with van der Waals surface area (Å²) < 4.78 is 22.2. The normalized spacial score (nSPS) is 36.5. The molecule has 29 heavy (non-hydrogen) atoms. The van der Waals surface area contributed by atoms with Gasteiger partial charge in [-0.1, -0.05) is 29.7 Å². The van der Waals surface area contributed by atoms with Crippen LogP contribution in [0.25, 0.3) is 0 Å². The Bertz CT molecular complexity index is 889. The van der Waals surface area contributed by atoms with E-state index in [-0.39, 0.29) is 17.6 Å². The third-order valence-corrected chi connectivity index (χ3v) is 7.70. The van der Waals surface area contributed by atoms with Gasteiger partial charge in [-0.3, -0.25) is 9.79 Å². The van der Waals surface area contributed by atoms with Crippen molar-refractivity contribution < 1.29 is 33.4 Å². The van der Waals surface area contributed by atoms with E-state index in [4.69, 9.17) is 19.0 Å². The van der Waals surface area contributed by atoms with Gasteiger partial charge in [-0.2, -0.15) is 4.89 Å². The number of benzene rings is 1. The first-order valence-electron chi connectivity index (χ1n) is 10.4. The zero-order valence-electron chi connectivity index (χ0n) is 16.5. The van der Waals surface area contributed by atoms with Crippen LogP contribution in [0.2, 0.25) is 0 Å². The van der Waals surface area contributed by atoms with Crippen molar-refractivity contribution in [1.82, 2.24) is 0 Å². The van der Waals surface area contributed by atoms with E-state index < -0.39 is 19.2 Å². The number of rotatable bonds is 4. The highest BCUT2D eigenvalue weighted by molar-refractivity contribution is 7.46. The summed E-state index contributed by atoms with van der Waals surface area (Å²) in [5.41, 5.74) is 3.18. The van der Waals surface area contributed by atoms with Crippen molar-refractivity contribution in [2.45, 2.75) is 62.8 Å². The SMILES string of the molecule is COC1(c2cccc(OP(=O)(O)O)c2)OOC12C1CCCC2C2=C(CCCC2)C1. The van der Waals surface area contributed by atoms with Gasteiger partial charge in [-0.15, -0.1) is 0 Å². The molecule has 1 saturated heterocycles. The lowest BCUT2D eigenvalue weighted by atomic mass is 9.53.